The van der Waals surface area contributed by atoms with Gasteiger partial charge in [0.1, 0.15) is 5.58 Å². The number of para-hydroxylation sites is 2. The molecular formula is C22H14N2O5. The number of hydrogen-bond donors (Lipinski definition) is 0. The van der Waals surface area contributed by atoms with E-state index >= 15 is 0 Å². The van der Waals surface area contributed by atoms with Crippen molar-refractivity contribution in [2.75, 3.05) is 0 Å². The normalized spacial score (nSPS) is 13.6. The Morgan fingerprint density at radius 2 is 1.72 bits per heavy atom. The zero-order valence-corrected chi connectivity index (χ0v) is 15.2. The summed E-state index contributed by atoms with van der Waals surface area (Å²) in [7, 11) is 0. The number of carbonyl (C=O) groups excluding carboxylic acids is 1. The number of benzene rings is 2. The van der Waals surface area contributed by atoms with E-state index in [1.165, 1.54) is 6.07 Å². The number of nitro benzene ring substituents is 1. The Morgan fingerprint density at radius 3 is 2.55 bits per heavy atom. The summed E-state index contributed by atoms with van der Waals surface area (Å²) in [4.78, 5) is 41.6. The lowest BCUT2D eigenvalue weighted by molar-refractivity contribution is -0.384. The van der Waals surface area contributed by atoms with Gasteiger partial charge in [-0.15, -0.1) is 0 Å². The van der Waals surface area contributed by atoms with E-state index in [4.69, 9.17) is 4.42 Å². The fourth-order valence-electron chi connectivity index (χ4n) is 4.07. The molecule has 1 aliphatic rings. The summed E-state index contributed by atoms with van der Waals surface area (Å²) in [6.45, 7) is 0. The monoisotopic (exact) mass is 386 g/mol. The standard InChI is InChI=1S/C22H14N2O5/c25-16-10-5-8-14-19(16)18(12-6-1-3-9-15(12)24(27)28)20-21(23-14)13-7-2-4-11-17(13)29-22(20)26/h1-4,6-7,9,11H,5,8,10H2. The Bertz CT molecular complexity index is 1400. The van der Waals surface area contributed by atoms with Crippen LogP contribution in [-0.4, -0.2) is 15.7 Å². The summed E-state index contributed by atoms with van der Waals surface area (Å²) >= 11 is 0. The molecule has 29 heavy (non-hydrogen) atoms. The molecule has 2 aromatic heterocycles. The largest absolute Gasteiger partial charge is 0.422 e. The predicted octanol–water partition coefficient (Wildman–Crippen LogP) is 4.44. The van der Waals surface area contributed by atoms with Crippen LogP contribution < -0.4 is 5.63 Å². The highest BCUT2D eigenvalue weighted by atomic mass is 16.6. The molecule has 7 heteroatoms. The average molecular weight is 386 g/mol. The predicted molar refractivity (Wildman–Crippen MR) is 107 cm³/mol. The fourth-order valence-corrected chi connectivity index (χ4v) is 4.07. The van der Waals surface area contributed by atoms with E-state index in [2.05, 4.69) is 4.98 Å². The van der Waals surface area contributed by atoms with Gasteiger partial charge in [0.25, 0.3) is 5.69 Å². The van der Waals surface area contributed by atoms with Crippen LogP contribution in [0.1, 0.15) is 28.9 Å². The number of nitrogens with zero attached hydrogens (tertiary/aromatic N) is 2. The van der Waals surface area contributed by atoms with Gasteiger partial charge in [0.15, 0.2) is 5.78 Å². The lowest BCUT2D eigenvalue weighted by Crippen LogP contribution is -2.17. The van der Waals surface area contributed by atoms with Crippen molar-refractivity contribution in [2.24, 2.45) is 0 Å². The Kier molecular flexibility index (Phi) is 3.77. The average Bonchev–Trinajstić information content (AvgIpc) is 2.72. The maximum absolute atomic E-state index is 13.0. The van der Waals surface area contributed by atoms with Crippen LogP contribution in [0, 0.1) is 10.1 Å². The van der Waals surface area contributed by atoms with Gasteiger partial charge in [0.2, 0.25) is 0 Å². The van der Waals surface area contributed by atoms with Crippen LogP contribution in [0.5, 0.6) is 0 Å². The van der Waals surface area contributed by atoms with Crippen molar-refractivity contribution < 1.29 is 14.1 Å². The van der Waals surface area contributed by atoms with Gasteiger partial charge in [-0.2, -0.15) is 0 Å². The summed E-state index contributed by atoms with van der Waals surface area (Å²) in [5, 5.41) is 12.4. The maximum Gasteiger partial charge on any atom is 0.346 e. The van der Waals surface area contributed by atoms with Gasteiger partial charge in [0, 0.05) is 29.0 Å². The summed E-state index contributed by atoms with van der Waals surface area (Å²) < 4.78 is 5.49. The number of carbonyl (C=O) groups is 1. The van der Waals surface area contributed by atoms with Crippen molar-refractivity contribution in [1.82, 2.24) is 4.98 Å². The molecule has 0 saturated carbocycles. The number of aromatic nitrogens is 1. The number of ketones is 1. The molecule has 142 valence electrons. The molecule has 0 fully saturated rings. The molecule has 0 spiro atoms. The van der Waals surface area contributed by atoms with Crippen LogP contribution in [0.4, 0.5) is 5.69 Å². The Morgan fingerprint density at radius 1 is 0.966 bits per heavy atom. The van der Waals surface area contributed by atoms with E-state index in [9.17, 15) is 19.7 Å². The number of fused-ring (bicyclic) bond motifs is 4. The molecule has 4 aromatic rings. The highest BCUT2D eigenvalue weighted by Crippen LogP contribution is 2.40. The summed E-state index contributed by atoms with van der Waals surface area (Å²) in [5.74, 6) is -0.165. The van der Waals surface area contributed by atoms with Crippen LogP contribution in [-0.2, 0) is 6.42 Å². The number of rotatable bonds is 2. The molecule has 0 atom stereocenters. The Hall–Kier alpha value is -3.87. The third-order valence-corrected chi connectivity index (χ3v) is 5.29. The first-order valence-electron chi connectivity index (χ1n) is 9.21. The van der Waals surface area contributed by atoms with E-state index in [1.807, 2.05) is 0 Å². The molecule has 5 rings (SSSR count). The minimum absolute atomic E-state index is 0.104. The molecule has 0 amide bonds. The van der Waals surface area contributed by atoms with E-state index in [0.717, 1.165) is 0 Å². The van der Waals surface area contributed by atoms with Crippen LogP contribution in [0.2, 0.25) is 0 Å². The molecular weight excluding hydrogens is 372 g/mol. The van der Waals surface area contributed by atoms with Gasteiger partial charge < -0.3 is 4.42 Å². The Labute approximate surface area is 163 Å². The quantitative estimate of drug-likeness (QED) is 0.218. The van der Waals surface area contributed by atoms with E-state index < -0.39 is 10.5 Å². The third-order valence-electron chi connectivity index (χ3n) is 5.29. The summed E-state index contributed by atoms with van der Waals surface area (Å²) in [6, 6.07) is 13.1. The molecule has 0 saturated heterocycles. The molecule has 0 bridgehead atoms. The van der Waals surface area contributed by atoms with Crippen LogP contribution >= 0.6 is 0 Å². The maximum atomic E-state index is 13.0. The molecule has 0 aliphatic heterocycles. The number of aryl methyl sites for hydroxylation is 1. The number of Topliss-reactive ketones (excluding diaryl/α,β-unsaturated/α-hetero) is 1. The fraction of sp³-hybridized carbons (Fsp3) is 0.136. The van der Waals surface area contributed by atoms with Crippen LogP contribution in [0.15, 0.2) is 57.7 Å². The van der Waals surface area contributed by atoms with Crippen molar-refractivity contribution in [3.63, 3.8) is 0 Å². The van der Waals surface area contributed by atoms with E-state index in [0.29, 0.717) is 47.0 Å². The summed E-state index contributed by atoms with van der Waals surface area (Å²) in [6.07, 6.45) is 1.53. The van der Waals surface area contributed by atoms with Crippen LogP contribution in [0.3, 0.4) is 0 Å². The number of nitro groups is 1. The van der Waals surface area contributed by atoms with Gasteiger partial charge in [-0.3, -0.25) is 19.9 Å². The van der Waals surface area contributed by atoms with Crippen molar-refractivity contribution in [2.45, 2.75) is 19.3 Å². The van der Waals surface area contributed by atoms with Crippen LogP contribution in [0.25, 0.3) is 33.0 Å². The second kappa shape index (κ2) is 6.34. The smallest absolute Gasteiger partial charge is 0.346 e. The van der Waals surface area contributed by atoms with Gasteiger partial charge in [-0.25, -0.2) is 4.79 Å². The second-order valence-electron chi connectivity index (χ2n) is 6.97. The molecule has 1 aliphatic carbocycles. The molecule has 0 unspecified atom stereocenters. The Balaban J connectivity index is 2.06. The molecule has 0 N–H and O–H groups in total. The minimum Gasteiger partial charge on any atom is -0.422 e. The summed E-state index contributed by atoms with van der Waals surface area (Å²) in [5.41, 5.74) is 1.28. The zero-order chi connectivity index (χ0) is 20.1. The van der Waals surface area contributed by atoms with E-state index in [-0.39, 0.29) is 28.0 Å². The third kappa shape index (κ3) is 2.55. The zero-order valence-electron chi connectivity index (χ0n) is 15.2. The lowest BCUT2D eigenvalue weighted by atomic mass is 9.85. The van der Waals surface area contributed by atoms with E-state index in [1.54, 1.807) is 42.5 Å². The SMILES string of the molecule is O=C1CCCc2nc3c(c(-c4ccccc4[N+](=O)[O-])c21)c(=O)oc1ccccc13. The lowest BCUT2D eigenvalue weighted by Gasteiger charge is -2.20. The highest BCUT2D eigenvalue weighted by Gasteiger charge is 2.30. The van der Waals surface area contributed by atoms with Crippen molar-refractivity contribution >= 4 is 33.3 Å². The van der Waals surface area contributed by atoms with Gasteiger partial charge in [0.05, 0.1) is 27.1 Å². The minimum atomic E-state index is -0.666. The van der Waals surface area contributed by atoms with Crippen molar-refractivity contribution in [3.8, 4) is 11.1 Å². The van der Waals surface area contributed by atoms with Gasteiger partial charge >= 0.3 is 5.63 Å². The molecule has 0 radical (unpaired) electrons. The number of hydrogen-bond acceptors (Lipinski definition) is 6. The second-order valence-corrected chi connectivity index (χ2v) is 6.97. The first-order valence-corrected chi connectivity index (χ1v) is 9.21. The molecule has 7 nitrogen and oxygen atoms in total. The molecule has 2 aromatic carbocycles. The molecule has 2 heterocycles. The first kappa shape index (κ1) is 17.2. The number of pyridine rings is 1. The topological polar surface area (TPSA) is 103 Å². The van der Waals surface area contributed by atoms with Crippen molar-refractivity contribution in [1.29, 1.82) is 0 Å². The first-order chi connectivity index (χ1) is 14.1. The highest BCUT2D eigenvalue weighted by molar-refractivity contribution is 6.15. The van der Waals surface area contributed by atoms with Gasteiger partial charge in [-0.1, -0.05) is 24.3 Å². The van der Waals surface area contributed by atoms with Gasteiger partial charge in [-0.05, 0) is 31.0 Å². The van der Waals surface area contributed by atoms with Crippen molar-refractivity contribution in [3.05, 3.63) is 80.3 Å².